The SMILES string of the molecule is CCOC(=O)Cc1ccc(S)c(CO)c1C#N. The maximum atomic E-state index is 11.4. The molecule has 17 heavy (non-hydrogen) atoms. The van der Waals surface area contributed by atoms with Gasteiger partial charge < -0.3 is 9.84 Å². The van der Waals surface area contributed by atoms with Crippen LogP contribution < -0.4 is 0 Å². The highest BCUT2D eigenvalue weighted by Gasteiger charge is 2.14. The summed E-state index contributed by atoms with van der Waals surface area (Å²) in [4.78, 5) is 11.9. The molecule has 5 heteroatoms. The van der Waals surface area contributed by atoms with Crippen molar-refractivity contribution in [2.75, 3.05) is 6.61 Å². The van der Waals surface area contributed by atoms with E-state index < -0.39 is 0 Å². The van der Waals surface area contributed by atoms with Gasteiger partial charge in [0.15, 0.2) is 0 Å². The number of hydrogen-bond acceptors (Lipinski definition) is 5. The van der Waals surface area contributed by atoms with Crippen LogP contribution in [0.1, 0.15) is 23.6 Å². The molecule has 4 nitrogen and oxygen atoms in total. The van der Waals surface area contributed by atoms with Crippen LogP contribution in [0.2, 0.25) is 0 Å². The first-order valence-corrected chi connectivity index (χ1v) is 5.59. The lowest BCUT2D eigenvalue weighted by Crippen LogP contribution is -2.10. The third-order valence-corrected chi connectivity index (χ3v) is 2.70. The molecule has 0 heterocycles. The van der Waals surface area contributed by atoms with Crippen LogP contribution in [0, 0.1) is 11.3 Å². The maximum absolute atomic E-state index is 11.4. The summed E-state index contributed by atoms with van der Waals surface area (Å²) in [6.07, 6.45) is 0.0256. The van der Waals surface area contributed by atoms with Gasteiger partial charge in [0.2, 0.25) is 0 Å². The number of carbonyl (C=O) groups excluding carboxylic acids is 1. The van der Waals surface area contributed by atoms with Crippen molar-refractivity contribution >= 4 is 18.6 Å². The molecule has 0 aliphatic carbocycles. The van der Waals surface area contributed by atoms with E-state index in [9.17, 15) is 9.90 Å². The van der Waals surface area contributed by atoms with Gasteiger partial charge in [-0.05, 0) is 18.6 Å². The number of aliphatic hydroxyl groups is 1. The summed E-state index contributed by atoms with van der Waals surface area (Å²) in [5.41, 5.74) is 1.29. The van der Waals surface area contributed by atoms with Crippen LogP contribution >= 0.6 is 12.6 Å². The third kappa shape index (κ3) is 3.22. The van der Waals surface area contributed by atoms with Crippen molar-refractivity contribution in [1.82, 2.24) is 0 Å². The first kappa shape index (κ1) is 13.6. The lowest BCUT2D eigenvalue weighted by atomic mass is 10.00. The molecule has 0 aromatic heterocycles. The lowest BCUT2D eigenvalue weighted by Gasteiger charge is -2.09. The van der Waals surface area contributed by atoms with Gasteiger partial charge in [-0.25, -0.2) is 0 Å². The minimum absolute atomic E-state index is 0.0256. The molecule has 0 unspecified atom stereocenters. The van der Waals surface area contributed by atoms with Crippen LogP contribution in [0.15, 0.2) is 17.0 Å². The Morgan fingerprint density at radius 2 is 2.29 bits per heavy atom. The molecule has 1 rings (SSSR count). The Balaban J connectivity index is 3.09. The van der Waals surface area contributed by atoms with Crippen molar-refractivity contribution < 1.29 is 14.6 Å². The topological polar surface area (TPSA) is 70.3 Å². The molecule has 0 atom stereocenters. The van der Waals surface area contributed by atoms with Crippen molar-refractivity contribution in [2.45, 2.75) is 24.8 Å². The fraction of sp³-hybridized carbons (Fsp3) is 0.333. The quantitative estimate of drug-likeness (QED) is 0.627. The number of esters is 1. The van der Waals surface area contributed by atoms with Gasteiger partial charge in [0.1, 0.15) is 0 Å². The number of ether oxygens (including phenoxy) is 1. The highest BCUT2D eigenvalue weighted by atomic mass is 32.1. The first-order valence-electron chi connectivity index (χ1n) is 5.14. The highest BCUT2D eigenvalue weighted by molar-refractivity contribution is 7.80. The molecule has 0 saturated carbocycles. The maximum Gasteiger partial charge on any atom is 0.310 e. The number of hydrogen-bond donors (Lipinski definition) is 2. The van der Waals surface area contributed by atoms with Gasteiger partial charge in [-0.15, -0.1) is 12.6 Å². The number of aliphatic hydroxyl groups excluding tert-OH is 1. The van der Waals surface area contributed by atoms with Crippen LogP contribution in [0.4, 0.5) is 0 Å². The predicted molar refractivity (Wildman–Crippen MR) is 64.7 cm³/mol. The van der Waals surface area contributed by atoms with Crippen LogP contribution in [-0.4, -0.2) is 17.7 Å². The van der Waals surface area contributed by atoms with Gasteiger partial charge >= 0.3 is 5.97 Å². The molecule has 1 aromatic carbocycles. The number of carbonyl (C=O) groups is 1. The molecular formula is C12H13NO3S. The van der Waals surface area contributed by atoms with Gasteiger partial charge in [-0.1, -0.05) is 6.07 Å². The molecule has 90 valence electrons. The van der Waals surface area contributed by atoms with Crippen LogP contribution in [0.5, 0.6) is 0 Å². The zero-order valence-corrected chi connectivity index (χ0v) is 10.3. The Morgan fingerprint density at radius 3 is 2.82 bits per heavy atom. The molecule has 0 fully saturated rings. The van der Waals surface area contributed by atoms with Crippen molar-refractivity contribution in [3.8, 4) is 6.07 Å². The van der Waals surface area contributed by atoms with E-state index in [1.54, 1.807) is 19.1 Å². The monoisotopic (exact) mass is 251 g/mol. The first-order chi connectivity index (χ1) is 8.13. The highest BCUT2D eigenvalue weighted by Crippen LogP contribution is 2.22. The molecule has 0 aliphatic rings. The van der Waals surface area contributed by atoms with E-state index in [0.717, 1.165) is 0 Å². The zero-order valence-electron chi connectivity index (χ0n) is 9.43. The standard InChI is InChI=1S/C12H13NO3S/c1-2-16-12(15)5-8-3-4-11(17)10(7-14)9(8)6-13/h3-4,14,17H,2,5,7H2,1H3. The van der Waals surface area contributed by atoms with E-state index in [1.165, 1.54) is 0 Å². The molecule has 0 bridgehead atoms. The number of thiol groups is 1. The smallest absolute Gasteiger partial charge is 0.310 e. The van der Waals surface area contributed by atoms with Crippen molar-refractivity contribution in [2.24, 2.45) is 0 Å². The van der Waals surface area contributed by atoms with Crippen molar-refractivity contribution in [3.63, 3.8) is 0 Å². The molecule has 0 saturated heterocycles. The van der Waals surface area contributed by atoms with E-state index in [4.69, 9.17) is 10.00 Å². The van der Waals surface area contributed by atoms with E-state index in [1.807, 2.05) is 6.07 Å². The zero-order chi connectivity index (χ0) is 12.8. The number of nitriles is 1. The van der Waals surface area contributed by atoms with Crippen molar-refractivity contribution in [1.29, 1.82) is 5.26 Å². The Labute approximate surface area is 105 Å². The van der Waals surface area contributed by atoms with Gasteiger partial charge in [0.25, 0.3) is 0 Å². The van der Waals surface area contributed by atoms with E-state index in [-0.39, 0.29) is 19.0 Å². The minimum atomic E-state index is -0.389. The van der Waals surface area contributed by atoms with Crippen LogP contribution in [0.3, 0.4) is 0 Å². The molecular weight excluding hydrogens is 238 g/mol. The Morgan fingerprint density at radius 1 is 1.59 bits per heavy atom. The van der Waals surface area contributed by atoms with Gasteiger partial charge in [0, 0.05) is 10.5 Å². The van der Waals surface area contributed by atoms with Gasteiger partial charge in [-0.2, -0.15) is 5.26 Å². The molecule has 0 amide bonds. The van der Waals surface area contributed by atoms with Gasteiger partial charge in [-0.3, -0.25) is 4.79 Å². The average Bonchev–Trinajstić information content (AvgIpc) is 2.31. The summed E-state index contributed by atoms with van der Waals surface area (Å²) in [6.45, 7) is 1.75. The molecule has 0 spiro atoms. The molecule has 1 N–H and O–H groups in total. The van der Waals surface area contributed by atoms with E-state index in [0.29, 0.717) is 28.2 Å². The minimum Gasteiger partial charge on any atom is -0.466 e. The number of rotatable bonds is 4. The fourth-order valence-corrected chi connectivity index (χ4v) is 1.76. The largest absolute Gasteiger partial charge is 0.466 e. The van der Waals surface area contributed by atoms with Crippen LogP contribution in [0.25, 0.3) is 0 Å². The number of nitrogens with zero attached hydrogens (tertiary/aromatic N) is 1. The molecule has 0 radical (unpaired) electrons. The second-order valence-corrected chi connectivity index (χ2v) is 3.83. The summed E-state index contributed by atoms with van der Waals surface area (Å²) in [5.74, 6) is -0.389. The van der Waals surface area contributed by atoms with E-state index >= 15 is 0 Å². The predicted octanol–water partition coefficient (Wildman–Crippen LogP) is 1.44. The summed E-state index contributed by atoms with van der Waals surface area (Å²) in [5, 5.41) is 18.2. The van der Waals surface area contributed by atoms with Crippen molar-refractivity contribution in [3.05, 3.63) is 28.8 Å². The van der Waals surface area contributed by atoms with Crippen LogP contribution in [-0.2, 0) is 22.6 Å². The fourth-order valence-electron chi connectivity index (χ4n) is 1.50. The number of benzene rings is 1. The lowest BCUT2D eigenvalue weighted by molar-refractivity contribution is -0.142. The third-order valence-electron chi connectivity index (χ3n) is 2.28. The van der Waals surface area contributed by atoms with E-state index in [2.05, 4.69) is 12.6 Å². The Hall–Kier alpha value is -1.51. The molecule has 0 aliphatic heterocycles. The summed E-state index contributed by atoms with van der Waals surface area (Å²) >= 11 is 4.15. The van der Waals surface area contributed by atoms with Gasteiger partial charge in [0.05, 0.1) is 31.3 Å². The average molecular weight is 251 g/mol. The summed E-state index contributed by atoms with van der Waals surface area (Å²) in [7, 11) is 0. The molecule has 1 aromatic rings. The normalized spacial score (nSPS) is 9.76. The summed E-state index contributed by atoms with van der Waals surface area (Å²) < 4.78 is 4.82. The Bertz CT molecular complexity index is 466. The second-order valence-electron chi connectivity index (χ2n) is 3.35. The summed E-state index contributed by atoms with van der Waals surface area (Å²) in [6, 6.07) is 5.29. The second kappa shape index (κ2) is 6.28. The Kier molecular flexibility index (Phi) is 5.01.